The molecule has 3 heteroatoms. The van der Waals surface area contributed by atoms with Crippen molar-refractivity contribution in [1.29, 1.82) is 0 Å². The number of anilines is 1. The van der Waals surface area contributed by atoms with Gasteiger partial charge in [0.2, 0.25) is 0 Å². The van der Waals surface area contributed by atoms with Crippen LogP contribution in [0.1, 0.15) is 36.6 Å². The second-order valence-corrected chi connectivity index (χ2v) is 5.80. The van der Waals surface area contributed by atoms with Gasteiger partial charge in [0, 0.05) is 11.1 Å². The smallest absolute Gasteiger partial charge is 0.142 e. The van der Waals surface area contributed by atoms with E-state index in [2.05, 4.69) is 44.3 Å². The van der Waals surface area contributed by atoms with Crippen LogP contribution in [0, 0.1) is 13.8 Å². The number of ether oxygens (including phenoxy) is 1. The molecule has 0 bridgehead atoms. The molecular weight excluding hydrogens is 282 g/mol. The average Bonchev–Trinajstić information content (AvgIpc) is 2.41. The number of halogens is 1. The molecule has 2 nitrogen and oxygen atoms in total. The Morgan fingerprint density at radius 2 is 1.76 bits per heavy atom. The molecule has 2 aromatic rings. The van der Waals surface area contributed by atoms with Crippen molar-refractivity contribution in [2.45, 2.75) is 33.7 Å². The quantitative estimate of drug-likeness (QED) is 0.784. The summed E-state index contributed by atoms with van der Waals surface area (Å²) in [6, 6.07) is 12.4. The number of rotatable bonds is 5. The molecule has 2 aromatic carbocycles. The SMILES string of the molecule is CCOc1ccc(Cl)cc1NC(C)c1cc(C)cc(C)c1. The highest BCUT2D eigenvalue weighted by atomic mass is 35.5. The van der Waals surface area contributed by atoms with E-state index in [0.717, 1.165) is 11.4 Å². The predicted octanol–water partition coefficient (Wildman–Crippen LogP) is 5.53. The fourth-order valence-corrected chi connectivity index (χ4v) is 2.64. The van der Waals surface area contributed by atoms with Crippen molar-refractivity contribution in [1.82, 2.24) is 0 Å². The summed E-state index contributed by atoms with van der Waals surface area (Å²) in [5.41, 5.74) is 4.73. The Labute approximate surface area is 132 Å². The zero-order valence-electron chi connectivity index (χ0n) is 13.0. The first-order valence-corrected chi connectivity index (χ1v) is 7.64. The molecule has 0 saturated carbocycles. The Morgan fingerprint density at radius 1 is 1.10 bits per heavy atom. The zero-order valence-corrected chi connectivity index (χ0v) is 13.8. The predicted molar refractivity (Wildman–Crippen MR) is 90.6 cm³/mol. The third-order valence-electron chi connectivity index (χ3n) is 3.36. The summed E-state index contributed by atoms with van der Waals surface area (Å²) >= 11 is 6.10. The molecule has 0 saturated heterocycles. The lowest BCUT2D eigenvalue weighted by Gasteiger charge is -2.19. The van der Waals surface area contributed by atoms with E-state index in [1.807, 2.05) is 25.1 Å². The second kappa shape index (κ2) is 6.86. The van der Waals surface area contributed by atoms with Crippen LogP contribution in [0.15, 0.2) is 36.4 Å². The fourth-order valence-electron chi connectivity index (χ4n) is 2.47. The van der Waals surface area contributed by atoms with Crippen LogP contribution in [0.25, 0.3) is 0 Å². The molecule has 0 heterocycles. The minimum atomic E-state index is 0.182. The molecule has 21 heavy (non-hydrogen) atoms. The first-order chi connectivity index (χ1) is 9.99. The maximum Gasteiger partial charge on any atom is 0.142 e. The maximum absolute atomic E-state index is 6.10. The van der Waals surface area contributed by atoms with E-state index in [1.54, 1.807) is 0 Å². The molecule has 2 rings (SSSR count). The van der Waals surface area contributed by atoms with Gasteiger partial charge in [0.15, 0.2) is 0 Å². The summed E-state index contributed by atoms with van der Waals surface area (Å²) in [6.07, 6.45) is 0. The van der Waals surface area contributed by atoms with Crippen LogP contribution in [0.5, 0.6) is 5.75 Å². The Bertz CT molecular complexity index is 604. The largest absolute Gasteiger partial charge is 0.492 e. The lowest BCUT2D eigenvalue weighted by atomic mass is 10.0. The topological polar surface area (TPSA) is 21.3 Å². The van der Waals surface area contributed by atoms with Crippen LogP contribution in [0.3, 0.4) is 0 Å². The normalized spacial score (nSPS) is 12.0. The highest BCUT2D eigenvalue weighted by molar-refractivity contribution is 6.30. The summed E-state index contributed by atoms with van der Waals surface area (Å²) in [5, 5.41) is 4.20. The average molecular weight is 304 g/mol. The van der Waals surface area contributed by atoms with Gasteiger partial charge >= 0.3 is 0 Å². The van der Waals surface area contributed by atoms with Gasteiger partial charge in [0.25, 0.3) is 0 Å². The second-order valence-electron chi connectivity index (χ2n) is 5.36. The van der Waals surface area contributed by atoms with Crippen molar-refractivity contribution in [2.75, 3.05) is 11.9 Å². The fraction of sp³-hybridized carbons (Fsp3) is 0.333. The molecule has 112 valence electrons. The molecule has 0 aliphatic rings. The lowest BCUT2D eigenvalue weighted by Crippen LogP contribution is -2.09. The van der Waals surface area contributed by atoms with Crippen LogP contribution < -0.4 is 10.1 Å². The van der Waals surface area contributed by atoms with Crippen molar-refractivity contribution in [3.63, 3.8) is 0 Å². The highest BCUT2D eigenvalue weighted by Gasteiger charge is 2.10. The van der Waals surface area contributed by atoms with Gasteiger partial charge in [-0.2, -0.15) is 0 Å². The monoisotopic (exact) mass is 303 g/mol. The van der Waals surface area contributed by atoms with Gasteiger partial charge in [-0.05, 0) is 51.5 Å². The highest BCUT2D eigenvalue weighted by Crippen LogP contribution is 2.31. The lowest BCUT2D eigenvalue weighted by molar-refractivity contribution is 0.341. The third kappa shape index (κ3) is 4.15. The van der Waals surface area contributed by atoms with Crippen LogP contribution in [0.4, 0.5) is 5.69 Å². The van der Waals surface area contributed by atoms with Gasteiger partial charge in [0.1, 0.15) is 5.75 Å². The van der Waals surface area contributed by atoms with Crippen molar-refractivity contribution in [3.05, 3.63) is 58.1 Å². The standard InChI is InChI=1S/C18H22ClNO/c1-5-21-18-7-6-16(19)11-17(18)20-14(4)15-9-12(2)8-13(3)10-15/h6-11,14,20H,5H2,1-4H3. The van der Waals surface area contributed by atoms with E-state index < -0.39 is 0 Å². The van der Waals surface area contributed by atoms with E-state index in [9.17, 15) is 0 Å². The number of aryl methyl sites for hydroxylation is 2. The summed E-state index contributed by atoms with van der Waals surface area (Å²) in [5.74, 6) is 0.832. The molecule has 0 aliphatic heterocycles. The van der Waals surface area contributed by atoms with Gasteiger partial charge in [-0.3, -0.25) is 0 Å². The van der Waals surface area contributed by atoms with Gasteiger partial charge in [-0.1, -0.05) is 40.9 Å². The Balaban J connectivity index is 2.26. The first-order valence-electron chi connectivity index (χ1n) is 7.26. The number of hydrogen-bond donors (Lipinski definition) is 1. The van der Waals surface area contributed by atoms with E-state index >= 15 is 0 Å². The molecular formula is C18H22ClNO. The molecule has 0 aliphatic carbocycles. The number of benzene rings is 2. The minimum Gasteiger partial charge on any atom is -0.492 e. The van der Waals surface area contributed by atoms with Gasteiger partial charge in [-0.15, -0.1) is 0 Å². The number of hydrogen-bond acceptors (Lipinski definition) is 2. The summed E-state index contributed by atoms with van der Waals surface area (Å²) in [4.78, 5) is 0. The van der Waals surface area contributed by atoms with Gasteiger partial charge in [0.05, 0.1) is 12.3 Å². The zero-order chi connectivity index (χ0) is 15.4. The molecule has 0 fully saturated rings. The Morgan fingerprint density at radius 3 is 2.38 bits per heavy atom. The van der Waals surface area contributed by atoms with Crippen LogP contribution in [0.2, 0.25) is 5.02 Å². The molecule has 1 N–H and O–H groups in total. The van der Waals surface area contributed by atoms with Crippen molar-refractivity contribution in [2.24, 2.45) is 0 Å². The van der Waals surface area contributed by atoms with E-state index in [1.165, 1.54) is 16.7 Å². The summed E-state index contributed by atoms with van der Waals surface area (Å²) in [6.45, 7) is 8.99. The van der Waals surface area contributed by atoms with Crippen molar-refractivity contribution >= 4 is 17.3 Å². The molecule has 1 unspecified atom stereocenters. The van der Waals surface area contributed by atoms with E-state index in [4.69, 9.17) is 16.3 Å². The molecule has 0 amide bonds. The third-order valence-corrected chi connectivity index (χ3v) is 3.59. The molecule has 1 atom stereocenters. The molecule has 0 radical (unpaired) electrons. The van der Waals surface area contributed by atoms with E-state index in [0.29, 0.717) is 11.6 Å². The van der Waals surface area contributed by atoms with Gasteiger partial charge < -0.3 is 10.1 Å². The Kier molecular flexibility index (Phi) is 5.13. The first kappa shape index (κ1) is 15.7. The Hall–Kier alpha value is -1.67. The van der Waals surface area contributed by atoms with Crippen molar-refractivity contribution < 1.29 is 4.74 Å². The van der Waals surface area contributed by atoms with Crippen LogP contribution >= 0.6 is 11.6 Å². The maximum atomic E-state index is 6.10. The number of nitrogens with one attached hydrogen (secondary N) is 1. The van der Waals surface area contributed by atoms with E-state index in [-0.39, 0.29) is 6.04 Å². The van der Waals surface area contributed by atoms with Crippen LogP contribution in [-0.2, 0) is 0 Å². The minimum absolute atomic E-state index is 0.182. The van der Waals surface area contributed by atoms with Crippen LogP contribution in [-0.4, -0.2) is 6.61 Å². The molecule has 0 aromatic heterocycles. The van der Waals surface area contributed by atoms with Gasteiger partial charge in [-0.25, -0.2) is 0 Å². The summed E-state index contributed by atoms with van der Waals surface area (Å²) < 4.78 is 5.66. The summed E-state index contributed by atoms with van der Waals surface area (Å²) in [7, 11) is 0. The molecule has 0 spiro atoms. The van der Waals surface area contributed by atoms with Crippen molar-refractivity contribution in [3.8, 4) is 5.75 Å².